The van der Waals surface area contributed by atoms with Crippen molar-refractivity contribution in [2.24, 2.45) is 0 Å². The van der Waals surface area contributed by atoms with Crippen LogP contribution in [-0.2, 0) is 16.1 Å². The van der Waals surface area contributed by atoms with Crippen LogP contribution < -0.4 is 10.9 Å². The van der Waals surface area contributed by atoms with Gasteiger partial charge in [0.05, 0.1) is 30.4 Å². The second-order valence-electron chi connectivity index (χ2n) is 7.78. The summed E-state index contributed by atoms with van der Waals surface area (Å²) in [6, 6.07) is 14.0. The van der Waals surface area contributed by atoms with Crippen LogP contribution in [0.4, 0.5) is 0 Å². The average Bonchev–Trinajstić information content (AvgIpc) is 3.46. The molecule has 1 saturated carbocycles. The van der Waals surface area contributed by atoms with Crippen molar-refractivity contribution in [3.63, 3.8) is 0 Å². The minimum Gasteiger partial charge on any atom is -0.383 e. The molecular weight excluding hydrogens is 444 g/mol. The summed E-state index contributed by atoms with van der Waals surface area (Å²) < 4.78 is 6.75. The van der Waals surface area contributed by atoms with Crippen molar-refractivity contribution in [3.8, 4) is 16.5 Å². The van der Waals surface area contributed by atoms with E-state index in [1.165, 1.54) is 23.1 Å². The number of hydrogen-bond acceptors (Lipinski definition) is 7. The van der Waals surface area contributed by atoms with Gasteiger partial charge in [0, 0.05) is 12.0 Å². The van der Waals surface area contributed by atoms with Gasteiger partial charge in [-0.25, -0.2) is 4.98 Å². The highest BCUT2D eigenvalue weighted by Crippen LogP contribution is 2.32. The first kappa shape index (κ1) is 22.5. The number of amides is 1. The normalized spacial score (nSPS) is 15.0. The lowest BCUT2D eigenvalue weighted by atomic mass is 10.0. The fraction of sp³-hybridized carbons (Fsp3) is 0.391. The van der Waals surface area contributed by atoms with Crippen molar-refractivity contribution in [1.82, 2.24) is 14.9 Å². The van der Waals surface area contributed by atoms with Gasteiger partial charge in [-0.3, -0.25) is 14.2 Å². The molecule has 3 aromatic rings. The Kier molecular flexibility index (Phi) is 6.94. The summed E-state index contributed by atoms with van der Waals surface area (Å²) in [5.74, 6) is -0.132. The van der Waals surface area contributed by atoms with Gasteiger partial charge < -0.3 is 10.1 Å². The zero-order valence-corrected chi connectivity index (χ0v) is 19.4. The van der Waals surface area contributed by atoms with Gasteiger partial charge in [0.15, 0.2) is 5.16 Å². The molecular formula is C23H24N4O3S2. The number of thioether (sulfide) groups is 1. The Morgan fingerprint density at radius 2 is 2.09 bits per heavy atom. The van der Waals surface area contributed by atoms with Gasteiger partial charge in [-0.05, 0) is 37.3 Å². The Bertz CT molecular complexity index is 1210. The van der Waals surface area contributed by atoms with Crippen molar-refractivity contribution >= 4 is 39.2 Å². The van der Waals surface area contributed by atoms with Crippen molar-refractivity contribution < 1.29 is 9.53 Å². The summed E-state index contributed by atoms with van der Waals surface area (Å²) in [4.78, 5) is 32.2. The van der Waals surface area contributed by atoms with Crippen LogP contribution in [0.2, 0.25) is 0 Å². The number of fused-ring (bicyclic) bond motifs is 1. The Hall–Kier alpha value is -2.67. The van der Waals surface area contributed by atoms with E-state index >= 15 is 0 Å². The summed E-state index contributed by atoms with van der Waals surface area (Å²) in [7, 11) is 1.58. The van der Waals surface area contributed by atoms with Crippen LogP contribution in [0.5, 0.6) is 0 Å². The molecule has 9 heteroatoms. The molecule has 4 rings (SSSR count). The lowest BCUT2D eigenvalue weighted by molar-refractivity contribution is -0.119. The fourth-order valence-electron chi connectivity index (χ4n) is 3.91. The minimum atomic E-state index is -0.761. The molecule has 1 aromatic carbocycles. The zero-order chi connectivity index (χ0) is 22.6. The first-order valence-electron chi connectivity index (χ1n) is 10.5. The fourth-order valence-corrected chi connectivity index (χ4v) is 5.81. The van der Waals surface area contributed by atoms with Gasteiger partial charge in [0.2, 0.25) is 5.91 Å². The highest BCUT2D eigenvalue weighted by atomic mass is 32.2. The number of rotatable bonds is 8. The van der Waals surface area contributed by atoms with E-state index < -0.39 is 5.54 Å². The largest absolute Gasteiger partial charge is 0.383 e. The maximum Gasteiger partial charge on any atom is 0.263 e. The second-order valence-corrected chi connectivity index (χ2v) is 9.75. The van der Waals surface area contributed by atoms with E-state index in [0.29, 0.717) is 41.4 Å². The number of aromatic nitrogens is 2. The van der Waals surface area contributed by atoms with E-state index in [0.717, 1.165) is 23.3 Å². The molecule has 1 amide bonds. The predicted octanol–water partition coefficient (Wildman–Crippen LogP) is 3.82. The number of hydrogen-bond donors (Lipinski definition) is 1. The molecule has 2 heterocycles. The highest BCUT2D eigenvalue weighted by molar-refractivity contribution is 7.99. The third-order valence-corrected chi connectivity index (χ3v) is 7.63. The highest BCUT2D eigenvalue weighted by Gasteiger charge is 2.35. The van der Waals surface area contributed by atoms with Crippen LogP contribution in [0.1, 0.15) is 25.7 Å². The SMILES string of the molecule is COCCn1c(SCC(=O)NC2(C#N)CCCC2)nc2sc(-c3ccccc3)cc2c1=O. The average molecular weight is 469 g/mol. The van der Waals surface area contributed by atoms with Crippen molar-refractivity contribution in [2.75, 3.05) is 19.5 Å². The smallest absolute Gasteiger partial charge is 0.263 e. The molecule has 0 saturated heterocycles. The van der Waals surface area contributed by atoms with Gasteiger partial charge in [-0.2, -0.15) is 5.26 Å². The standard InChI is InChI=1S/C23H24N4O3S2/c1-30-12-11-27-21(29)17-13-18(16-7-3-2-4-8-16)32-20(17)25-22(27)31-14-19(28)26-23(15-24)9-5-6-10-23/h2-4,7-8,13H,5-6,9-12,14H2,1H3,(H,26,28). The monoisotopic (exact) mass is 468 g/mol. The van der Waals surface area contributed by atoms with Crippen LogP contribution in [0.15, 0.2) is 46.3 Å². The van der Waals surface area contributed by atoms with Crippen LogP contribution in [0.3, 0.4) is 0 Å². The summed E-state index contributed by atoms with van der Waals surface area (Å²) in [6.07, 6.45) is 3.25. The van der Waals surface area contributed by atoms with Crippen LogP contribution in [-0.4, -0.2) is 40.5 Å². The Morgan fingerprint density at radius 1 is 1.34 bits per heavy atom. The van der Waals surface area contributed by atoms with Crippen molar-refractivity contribution in [1.29, 1.82) is 5.26 Å². The summed E-state index contributed by atoms with van der Waals surface area (Å²) in [6.45, 7) is 0.709. The van der Waals surface area contributed by atoms with E-state index in [1.54, 1.807) is 11.7 Å². The van der Waals surface area contributed by atoms with Gasteiger partial charge in [0.25, 0.3) is 5.56 Å². The van der Waals surface area contributed by atoms with E-state index in [4.69, 9.17) is 9.72 Å². The van der Waals surface area contributed by atoms with Crippen LogP contribution >= 0.6 is 23.1 Å². The van der Waals surface area contributed by atoms with Gasteiger partial charge in [-0.1, -0.05) is 42.1 Å². The maximum atomic E-state index is 13.2. The first-order chi connectivity index (χ1) is 15.5. The van der Waals surface area contributed by atoms with Crippen LogP contribution in [0, 0.1) is 11.3 Å². The molecule has 2 aromatic heterocycles. The number of nitrogens with zero attached hydrogens (tertiary/aromatic N) is 3. The molecule has 1 fully saturated rings. The zero-order valence-electron chi connectivity index (χ0n) is 17.8. The van der Waals surface area contributed by atoms with Crippen LogP contribution in [0.25, 0.3) is 20.7 Å². The molecule has 0 spiro atoms. The van der Waals surface area contributed by atoms with E-state index in [2.05, 4.69) is 11.4 Å². The number of benzene rings is 1. The summed E-state index contributed by atoms with van der Waals surface area (Å²) in [5, 5.41) is 13.4. The molecule has 0 radical (unpaired) electrons. The topological polar surface area (TPSA) is 97.0 Å². The van der Waals surface area contributed by atoms with Crippen molar-refractivity contribution in [2.45, 2.75) is 42.9 Å². The molecule has 0 bridgehead atoms. The van der Waals surface area contributed by atoms with Crippen molar-refractivity contribution in [3.05, 3.63) is 46.8 Å². The molecule has 1 aliphatic carbocycles. The number of nitrogens with one attached hydrogen (secondary N) is 1. The number of carbonyl (C=O) groups excluding carboxylic acids is 1. The predicted molar refractivity (Wildman–Crippen MR) is 127 cm³/mol. The molecule has 0 unspecified atom stereocenters. The molecule has 7 nitrogen and oxygen atoms in total. The lowest BCUT2D eigenvalue weighted by Gasteiger charge is -2.21. The molecule has 1 aliphatic rings. The molecule has 0 aliphatic heterocycles. The number of methoxy groups -OCH3 is 1. The number of thiophene rings is 1. The van der Waals surface area contributed by atoms with Gasteiger partial charge in [0.1, 0.15) is 10.4 Å². The quantitative estimate of drug-likeness (QED) is 0.399. The summed E-state index contributed by atoms with van der Waals surface area (Å²) in [5.41, 5.74) is 0.131. The lowest BCUT2D eigenvalue weighted by Crippen LogP contribution is -2.45. The van der Waals surface area contributed by atoms with Gasteiger partial charge in [-0.15, -0.1) is 11.3 Å². The minimum absolute atomic E-state index is 0.0886. The molecule has 32 heavy (non-hydrogen) atoms. The number of nitriles is 1. The number of ether oxygens (including phenoxy) is 1. The third kappa shape index (κ3) is 4.72. The van der Waals surface area contributed by atoms with E-state index in [9.17, 15) is 14.9 Å². The Labute approximate surface area is 194 Å². The second kappa shape index (κ2) is 9.86. The molecule has 0 atom stereocenters. The maximum absolute atomic E-state index is 13.2. The van der Waals surface area contributed by atoms with E-state index in [-0.39, 0.29) is 17.2 Å². The molecule has 166 valence electrons. The molecule has 1 N–H and O–H groups in total. The van der Waals surface area contributed by atoms with E-state index in [1.807, 2.05) is 36.4 Å². The number of carbonyl (C=O) groups is 1. The Morgan fingerprint density at radius 3 is 2.78 bits per heavy atom. The third-order valence-electron chi connectivity index (χ3n) is 5.58. The summed E-state index contributed by atoms with van der Waals surface area (Å²) >= 11 is 2.68. The van der Waals surface area contributed by atoms with Gasteiger partial charge >= 0.3 is 0 Å². The Balaban J connectivity index is 1.61. The first-order valence-corrected chi connectivity index (χ1v) is 12.3.